The first-order valence-electron chi connectivity index (χ1n) is 11.4. The fourth-order valence-corrected chi connectivity index (χ4v) is 4.81. The fraction of sp³-hybridized carbons (Fsp3) is 0. The van der Waals surface area contributed by atoms with Crippen LogP contribution in [0.1, 0.15) is 15.9 Å². The third-order valence-electron chi connectivity index (χ3n) is 6.47. The highest BCUT2D eigenvalue weighted by Gasteiger charge is 2.28. The Balaban J connectivity index is 1.82. The normalized spacial score (nSPS) is 11.4. The van der Waals surface area contributed by atoms with E-state index in [1.54, 1.807) is 18.2 Å². The molecule has 2 heterocycles. The number of aromatic nitrogens is 2. The first kappa shape index (κ1) is 22.9. The van der Waals surface area contributed by atoms with Crippen molar-refractivity contribution in [3.8, 4) is 22.9 Å². The van der Waals surface area contributed by atoms with Crippen molar-refractivity contribution in [2.75, 3.05) is 0 Å². The minimum Gasteiger partial charge on any atom is -0.508 e. The number of benzene rings is 4. The van der Waals surface area contributed by atoms with Crippen molar-refractivity contribution >= 4 is 27.3 Å². The van der Waals surface area contributed by atoms with Gasteiger partial charge in [-0.3, -0.25) is 24.0 Å². The van der Waals surface area contributed by atoms with E-state index in [4.69, 9.17) is 0 Å². The third-order valence-corrected chi connectivity index (χ3v) is 6.47. The molecule has 6 aromatic rings. The lowest BCUT2D eigenvalue weighted by atomic mass is 9.96. The Morgan fingerprint density at radius 3 is 1.66 bits per heavy atom. The van der Waals surface area contributed by atoms with E-state index in [9.17, 15) is 34.2 Å². The number of aromatic hydroxyl groups is 2. The second kappa shape index (κ2) is 8.24. The number of ketones is 1. The Kier molecular flexibility index (Phi) is 4.96. The standard InChI is InChI=1S/C29H16N2O7/c32-18-10-4-8-16(12-18)30-26(35)21-14-20(25(34)15-6-2-1-3-7-15)22-24(23(21)28(30)37)29(38)31(27(22)36)17-9-5-11-19(33)13-17/h1-14,32-33H. The number of carbonyl (C=O) groups is 1. The molecule has 0 atom stereocenters. The Labute approximate surface area is 212 Å². The summed E-state index contributed by atoms with van der Waals surface area (Å²) in [6.07, 6.45) is 0. The zero-order valence-electron chi connectivity index (χ0n) is 19.4. The Morgan fingerprint density at radius 2 is 1.08 bits per heavy atom. The molecule has 184 valence electrons. The van der Waals surface area contributed by atoms with E-state index in [-0.39, 0.29) is 55.5 Å². The Bertz CT molecular complexity index is 2150. The molecule has 0 amide bonds. The molecule has 0 aliphatic heterocycles. The molecular formula is C29H16N2O7. The van der Waals surface area contributed by atoms with Gasteiger partial charge in [-0.25, -0.2) is 9.13 Å². The number of phenolic OH excluding ortho intramolecular Hbond substituents is 2. The van der Waals surface area contributed by atoms with Gasteiger partial charge in [0, 0.05) is 23.3 Å². The van der Waals surface area contributed by atoms with Gasteiger partial charge in [-0.05, 0) is 30.3 Å². The molecule has 9 nitrogen and oxygen atoms in total. The predicted octanol–water partition coefficient (Wildman–Crippen LogP) is 2.53. The van der Waals surface area contributed by atoms with Crippen molar-refractivity contribution in [1.29, 1.82) is 0 Å². The third kappa shape index (κ3) is 3.22. The van der Waals surface area contributed by atoms with Crippen LogP contribution in [0.25, 0.3) is 32.9 Å². The molecular weight excluding hydrogens is 488 g/mol. The minimum atomic E-state index is -0.909. The highest BCUT2D eigenvalue weighted by atomic mass is 16.3. The van der Waals surface area contributed by atoms with Crippen LogP contribution in [0.3, 0.4) is 0 Å². The van der Waals surface area contributed by atoms with Crippen LogP contribution in [0, 0.1) is 0 Å². The highest BCUT2D eigenvalue weighted by Crippen LogP contribution is 2.26. The topological polar surface area (TPSA) is 136 Å². The molecule has 0 aliphatic carbocycles. The second-order valence-electron chi connectivity index (χ2n) is 8.72. The molecule has 0 radical (unpaired) electrons. The molecule has 0 aliphatic rings. The number of nitrogens with zero attached hydrogens (tertiary/aromatic N) is 2. The summed E-state index contributed by atoms with van der Waals surface area (Å²) < 4.78 is 1.55. The van der Waals surface area contributed by atoms with Crippen LogP contribution in [-0.4, -0.2) is 25.1 Å². The SMILES string of the molecule is O=C(c1ccccc1)c1cc2c(=O)n(-c3cccc(O)c3)c(=O)c2c2c(=O)n(-c3cccc(O)c3)c(=O)c12. The van der Waals surface area contributed by atoms with Gasteiger partial charge < -0.3 is 10.2 Å². The molecule has 0 unspecified atom stereocenters. The Morgan fingerprint density at radius 1 is 0.553 bits per heavy atom. The summed E-state index contributed by atoms with van der Waals surface area (Å²) in [7, 11) is 0. The van der Waals surface area contributed by atoms with E-state index >= 15 is 0 Å². The van der Waals surface area contributed by atoms with E-state index in [2.05, 4.69) is 0 Å². The van der Waals surface area contributed by atoms with Crippen molar-refractivity contribution in [2.45, 2.75) is 0 Å². The van der Waals surface area contributed by atoms with Crippen LogP contribution in [0.2, 0.25) is 0 Å². The van der Waals surface area contributed by atoms with E-state index in [1.807, 2.05) is 0 Å². The van der Waals surface area contributed by atoms with Gasteiger partial charge in [-0.15, -0.1) is 0 Å². The molecule has 9 heteroatoms. The average Bonchev–Trinajstić information content (AvgIpc) is 3.32. The van der Waals surface area contributed by atoms with E-state index in [0.29, 0.717) is 0 Å². The van der Waals surface area contributed by atoms with Crippen LogP contribution in [0.4, 0.5) is 0 Å². The number of hydrogen-bond donors (Lipinski definition) is 2. The molecule has 38 heavy (non-hydrogen) atoms. The first-order chi connectivity index (χ1) is 18.3. The second-order valence-corrected chi connectivity index (χ2v) is 8.72. The zero-order valence-corrected chi connectivity index (χ0v) is 19.4. The van der Waals surface area contributed by atoms with Crippen LogP contribution >= 0.6 is 0 Å². The van der Waals surface area contributed by atoms with Crippen LogP contribution in [-0.2, 0) is 0 Å². The van der Waals surface area contributed by atoms with Gasteiger partial charge in [0.15, 0.2) is 5.78 Å². The summed E-state index contributed by atoms with van der Waals surface area (Å²) in [5.74, 6) is -1.00. The predicted molar refractivity (Wildman–Crippen MR) is 141 cm³/mol. The number of rotatable bonds is 4. The monoisotopic (exact) mass is 504 g/mol. The quantitative estimate of drug-likeness (QED) is 0.352. The summed E-state index contributed by atoms with van der Waals surface area (Å²) >= 11 is 0. The van der Waals surface area contributed by atoms with E-state index in [1.165, 1.54) is 66.7 Å². The summed E-state index contributed by atoms with van der Waals surface area (Å²) in [5, 5.41) is 18.7. The minimum absolute atomic E-state index is 0.0321. The van der Waals surface area contributed by atoms with Gasteiger partial charge in [-0.2, -0.15) is 0 Å². The lowest BCUT2D eigenvalue weighted by molar-refractivity contribution is 0.104. The van der Waals surface area contributed by atoms with Gasteiger partial charge >= 0.3 is 0 Å². The fourth-order valence-electron chi connectivity index (χ4n) is 4.81. The highest BCUT2D eigenvalue weighted by molar-refractivity contribution is 6.22. The molecule has 2 N–H and O–H groups in total. The molecule has 0 fully saturated rings. The van der Waals surface area contributed by atoms with Crippen molar-refractivity contribution in [3.05, 3.63) is 137 Å². The number of fused-ring (bicyclic) bond motifs is 3. The molecule has 4 aromatic carbocycles. The average molecular weight is 504 g/mol. The molecule has 0 bridgehead atoms. The Hall–Kier alpha value is -5.57. The lowest BCUT2D eigenvalue weighted by Gasteiger charge is -2.03. The van der Waals surface area contributed by atoms with E-state index < -0.39 is 28.0 Å². The number of carbonyl (C=O) groups excluding carboxylic acids is 1. The van der Waals surface area contributed by atoms with Gasteiger partial charge in [0.25, 0.3) is 22.2 Å². The van der Waals surface area contributed by atoms with Gasteiger partial charge in [0.2, 0.25) is 0 Å². The van der Waals surface area contributed by atoms with Crippen LogP contribution in [0.15, 0.2) is 104 Å². The van der Waals surface area contributed by atoms with Crippen molar-refractivity contribution in [3.63, 3.8) is 0 Å². The van der Waals surface area contributed by atoms with E-state index in [0.717, 1.165) is 9.13 Å². The largest absolute Gasteiger partial charge is 0.508 e. The molecule has 2 aromatic heterocycles. The maximum atomic E-state index is 13.7. The van der Waals surface area contributed by atoms with Gasteiger partial charge in [0.1, 0.15) is 11.5 Å². The van der Waals surface area contributed by atoms with Gasteiger partial charge in [-0.1, -0.05) is 42.5 Å². The molecule has 6 rings (SSSR count). The maximum absolute atomic E-state index is 13.7. The lowest BCUT2D eigenvalue weighted by Crippen LogP contribution is -2.24. The van der Waals surface area contributed by atoms with Crippen molar-refractivity contribution in [1.82, 2.24) is 9.13 Å². The summed E-state index contributed by atoms with van der Waals surface area (Å²) in [4.78, 5) is 68.1. The summed E-state index contributed by atoms with van der Waals surface area (Å²) in [6.45, 7) is 0. The maximum Gasteiger partial charge on any atom is 0.267 e. The number of phenols is 2. The smallest absolute Gasteiger partial charge is 0.267 e. The molecule has 0 saturated heterocycles. The molecule has 0 saturated carbocycles. The summed E-state index contributed by atoms with van der Waals surface area (Å²) in [6, 6.07) is 20.1. The first-order valence-corrected chi connectivity index (χ1v) is 11.4. The van der Waals surface area contributed by atoms with Crippen LogP contribution in [0.5, 0.6) is 11.5 Å². The molecule has 0 spiro atoms. The van der Waals surface area contributed by atoms with Crippen molar-refractivity contribution in [2.24, 2.45) is 0 Å². The van der Waals surface area contributed by atoms with Gasteiger partial charge in [0.05, 0.1) is 32.9 Å². The van der Waals surface area contributed by atoms with Crippen molar-refractivity contribution < 1.29 is 15.0 Å². The summed E-state index contributed by atoms with van der Waals surface area (Å²) in [5.41, 5.74) is -3.35. The number of hydrogen-bond acceptors (Lipinski definition) is 7. The van der Waals surface area contributed by atoms with Crippen LogP contribution < -0.4 is 22.2 Å². The zero-order chi connectivity index (χ0) is 26.7.